The Bertz CT molecular complexity index is 301. The van der Waals surface area contributed by atoms with Crippen LogP contribution in [0.1, 0.15) is 65.2 Å². The second kappa shape index (κ2) is 4.61. The average Bonchev–Trinajstić information content (AvgIpc) is 2.77. The summed E-state index contributed by atoms with van der Waals surface area (Å²) in [5.74, 6) is 1.46. The fourth-order valence-corrected chi connectivity index (χ4v) is 3.92. The molecule has 0 atom stereocenters. The van der Waals surface area contributed by atoms with Crippen LogP contribution in [-0.2, 0) is 0 Å². The van der Waals surface area contributed by atoms with E-state index in [1.165, 1.54) is 0 Å². The summed E-state index contributed by atoms with van der Waals surface area (Å²) < 4.78 is 0. The lowest BCUT2D eigenvalue weighted by Gasteiger charge is -2.45. The zero-order valence-corrected chi connectivity index (χ0v) is 11.2. The topological polar surface area (TPSA) is 44.0 Å². The fourth-order valence-electron chi connectivity index (χ4n) is 3.92. The lowest BCUT2D eigenvalue weighted by atomic mass is 9.60. The molecule has 2 nitrogen and oxygen atoms in total. The molecule has 0 aromatic heterocycles. The molecule has 1 N–H and O–H groups in total. The van der Waals surface area contributed by atoms with E-state index in [0.717, 1.165) is 57.3 Å². The number of nitrogens with zero attached hydrogens (tertiary/aromatic N) is 1. The van der Waals surface area contributed by atoms with Crippen molar-refractivity contribution >= 4 is 0 Å². The molecule has 0 bridgehead atoms. The van der Waals surface area contributed by atoms with Crippen molar-refractivity contribution in [1.29, 1.82) is 5.26 Å². The molecule has 2 aliphatic carbocycles. The van der Waals surface area contributed by atoms with E-state index in [0.29, 0.717) is 5.92 Å². The molecule has 2 heteroatoms. The van der Waals surface area contributed by atoms with Crippen LogP contribution in [0, 0.1) is 28.6 Å². The normalized spacial score (nSPS) is 37.0. The average molecular weight is 235 g/mol. The number of nitriles is 1. The van der Waals surface area contributed by atoms with Gasteiger partial charge in [0.25, 0.3) is 0 Å². The van der Waals surface area contributed by atoms with Crippen LogP contribution in [0.15, 0.2) is 0 Å². The largest absolute Gasteiger partial charge is 0.388 e. The minimum Gasteiger partial charge on any atom is -0.388 e. The maximum Gasteiger partial charge on any atom is 0.0860 e. The summed E-state index contributed by atoms with van der Waals surface area (Å²) in [5, 5.41) is 20.4. The molecular weight excluding hydrogens is 210 g/mol. The maximum atomic E-state index is 10.8. The van der Waals surface area contributed by atoms with Crippen molar-refractivity contribution in [3.8, 4) is 6.07 Å². The van der Waals surface area contributed by atoms with Gasteiger partial charge < -0.3 is 5.11 Å². The summed E-state index contributed by atoms with van der Waals surface area (Å²) in [5.41, 5.74) is -1.11. The molecule has 0 amide bonds. The van der Waals surface area contributed by atoms with Crippen molar-refractivity contribution in [2.45, 2.75) is 70.8 Å². The third-order valence-corrected chi connectivity index (χ3v) is 5.36. The van der Waals surface area contributed by atoms with Crippen molar-refractivity contribution in [1.82, 2.24) is 0 Å². The quantitative estimate of drug-likeness (QED) is 0.794. The minimum absolute atomic E-state index is 0.436. The first-order valence-corrected chi connectivity index (χ1v) is 7.17. The lowest BCUT2D eigenvalue weighted by Crippen LogP contribution is -2.48. The molecule has 0 aromatic rings. The molecule has 0 heterocycles. The van der Waals surface area contributed by atoms with Crippen LogP contribution < -0.4 is 0 Å². The van der Waals surface area contributed by atoms with Gasteiger partial charge in [-0.25, -0.2) is 0 Å². The van der Waals surface area contributed by atoms with Crippen LogP contribution in [0.25, 0.3) is 0 Å². The summed E-state index contributed by atoms with van der Waals surface area (Å²) in [4.78, 5) is 0. The summed E-state index contributed by atoms with van der Waals surface area (Å²) >= 11 is 0. The van der Waals surface area contributed by atoms with Gasteiger partial charge in [0.1, 0.15) is 0 Å². The zero-order valence-electron chi connectivity index (χ0n) is 11.2. The lowest BCUT2D eigenvalue weighted by molar-refractivity contribution is -0.0750. The predicted molar refractivity (Wildman–Crippen MR) is 68.3 cm³/mol. The molecule has 0 saturated heterocycles. The third-order valence-electron chi connectivity index (χ3n) is 5.36. The Labute approximate surface area is 105 Å². The molecule has 2 rings (SSSR count). The predicted octanol–water partition coefficient (Wildman–Crippen LogP) is 3.65. The smallest absolute Gasteiger partial charge is 0.0860 e. The number of rotatable bonds is 2. The van der Waals surface area contributed by atoms with E-state index in [-0.39, 0.29) is 0 Å². The third kappa shape index (κ3) is 2.10. The first-order chi connectivity index (χ1) is 8.03. The van der Waals surface area contributed by atoms with E-state index < -0.39 is 11.0 Å². The van der Waals surface area contributed by atoms with Crippen LogP contribution >= 0.6 is 0 Å². The van der Waals surface area contributed by atoms with Crippen LogP contribution in [0.2, 0.25) is 0 Å². The second-order valence-corrected chi connectivity index (χ2v) is 6.51. The van der Waals surface area contributed by atoms with E-state index >= 15 is 0 Å². The first kappa shape index (κ1) is 12.9. The van der Waals surface area contributed by atoms with Crippen molar-refractivity contribution in [2.75, 3.05) is 0 Å². The molecule has 0 aromatic carbocycles. The van der Waals surface area contributed by atoms with E-state index in [4.69, 9.17) is 0 Å². The first-order valence-electron chi connectivity index (χ1n) is 7.17. The zero-order chi connectivity index (χ0) is 12.5. The van der Waals surface area contributed by atoms with E-state index in [2.05, 4.69) is 19.9 Å². The Morgan fingerprint density at radius 2 is 1.65 bits per heavy atom. The molecule has 0 unspecified atom stereocenters. The molecule has 0 spiro atoms. The summed E-state index contributed by atoms with van der Waals surface area (Å²) in [6, 6.07) is 2.51. The highest BCUT2D eigenvalue weighted by atomic mass is 16.3. The SMILES string of the molecule is CC(C)C1CCC(C#N)(C2(O)CCCC2)CC1. The molecular formula is C15H25NO. The highest BCUT2D eigenvalue weighted by molar-refractivity contribution is 5.14. The summed E-state index contributed by atoms with van der Waals surface area (Å²) in [6.07, 6.45) is 7.91. The fraction of sp³-hybridized carbons (Fsp3) is 0.933. The van der Waals surface area contributed by atoms with Gasteiger partial charge in [-0.3, -0.25) is 0 Å². The summed E-state index contributed by atoms with van der Waals surface area (Å²) in [6.45, 7) is 4.54. The maximum absolute atomic E-state index is 10.8. The minimum atomic E-state index is -0.677. The van der Waals surface area contributed by atoms with Crippen LogP contribution in [0.5, 0.6) is 0 Å². The Morgan fingerprint density at radius 1 is 1.12 bits per heavy atom. The van der Waals surface area contributed by atoms with Gasteiger partial charge in [0.2, 0.25) is 0 Å². The van der Waals surface area contributed by atoms with Gasteiger partial charge in [-0.15, -0.1) is 0 Å². The molecule has 17 heavy (non-hydrogen) atoms. The van der Waals surface area contributed by atoms with Gasteiger partial charge >= 0.3 is 0 Å². The van der Waals surface area contributed by atoms with Gasteiger partial charge in [0.15, 0.2) is 0 Å². The van der Waals surface area contributed by atoms with E-state index in [1.54, 1.807) is 0 Å². The number of aliphatic hydroxyl groups is 1. The van der Waals surface area contributed by atoms with Crippen molar-refractivity contribution in [3.05, 3.63) is 0 Å². The molecule has 2 aliphatic rings. The summed E-state index contributed by atoms with van der Waals surface area (Å²) in [7, 11) is 0. The van der Waals surface area contributed by atoms with E-state index in [1.807, 2.05) is 0 Å². The Morgan fingerprint density at radius 3 is 2.06 bits per heavy atom. The van der Waals surface area contributed by atoms with Gasteiger partial charge in [-0.1, -0.05) is 26.7 Å². The Balaban J connectivity index is 2.11. The van der Waals surface area contributed by atoms with Gasteiger partial charge in [0.05, 0.1) is 17.1 Å². The standard InChI is InChI=1S/C15H25NO/c1-12(2)13-5-9-14(11-16,10-6-13)15(17)7-3-4-8-15/h12-13,17H,3-10H2,1-2H3. The van der Waals surface area contributed by atoms with Gasteiger partial charge in [-0.05, 0) is 50.4 Å². The van der Waals surface area contributed by atoms with E-state index in [9.17, 15) is 10.4 Å². The van der Waals surface area contributed by atoms with Gasteiger partial charge in [0, 0.05) is 0 Å². The molecule has 2 fully saturated rings. The second-order valence-electron chi connectivity index (χ2n) is 6.51. The Kier molecular flexibility index (Phi) is 3.50. The monoisotopic (exact) mass is 235 g/mol. The Hall–Kier alpha value is -0.550. The van der Waals surface area contributed by atoms with Crippen LogP contribution in [0.4, 0.5) is 0 Å². The number of hydrogen-bond donors (Lipinski definition) is 1. The molecule has 0 radical (unpaired) electrons. The molecule has 96 valence electrons. The highest BCUT2D eigenvalue weighted by Gasteiger charge is 2.53. The molecule has 0 aliphatic heterocycles. The van der Waals surface area contributed by atoms with Crippen LogP contribution in [-0.4, -0.2) is 10.7 Å². The highest BCUT2D eigenvalue weighted by Crippen LogP contribution is 2.53. The van der Waals surface area contributed by atoms with Crippen molar-refractivity contribution < 1.29 is 5.11 Å². The van der Waals surface area contributed by atoms with Crippen LogP contribution in [0.3, 0.4) is 0 Å². The van der Waals surface area contributed by atoms with Gasteiger partial charge in [-0.2, -0.15) is 5.26 Å². The van der Waals surface area contributed by atoms with Crippen molar-refractivity contribution in [2.24, 2.45) is 17.3 Å². The molecule has 2 saturated carbocycles. The number of hydrogen-bond acceptors (Lipinski definition) is 2. The van der Waals surface area contributed by atoms with Crippen molar-refractivity contribution in [3.63, 3.8) is 0 Å².